The number of furan rings is 1. The second-order valence-corrected chi connectivity index (χ2v) is 5.47. The number of carbonyl (C=O) groups excluding carboxylic acids is 1. The van der Waals surface area contributed by atoms with E-state index in [-0.39, 0.29) is 11.6 Å². The van der Waals surface area contributed by atoms with Gasteiger partial charge in [-0.3, -0.25) is 9.59 Å². The van der Waals surface area contributed by atoms with Crippen molar-refractivity contribution in [1.82, 2.24) is 15.1 Å². The van der Waals surface area contributed by atoms with Crippen LogP contribution in [0.25, 0.3) is 11.5 Å². The number of hydrogen-bond donors (Lipinski definition) is 2. The summed E-state index contributed by atoms with van der Waals surface area (Å²) < 4.78 is 6.61. The fourth-order valence-corrected chi connectivity index (χ4v) is 2.13. The second kappa shape index (κ2) is 7.13. The topological polar surface area (TPSA) is 103 Å². The highest BCUT2D eigenvalue weighted by Crippen LogP contribution is 2.20. The molecular weight excluding hydrogens is 296 g/mol. The Labute approximate surface area is 134 Å². The number of carbonyl (C=O) groups is 1. The lowest BCUT2D eigenvalue weighted by Crippen LogP contribution is -2.38. The van der Waals surface area contributed by atoms with Gasteiger partial charge in [-0.15, -0.1) is 0 Å². The van der Waals surface area contributed by atoms with Gasteiger partial charge in [-0.05, 0) is 38.5 Å². The van der Waals surface area contributed by atoms with E-state index >= 15 is 0 Å². The van der Waals surface area contributed by atoms with Gasteiger partial charge in [-0.2, -0.15) is 5.10 Å². The van der Waals surface area contributed by atoms with Gasteiger partial charge in [0.2, 0.25) is 5.91 Å². The van der Waals surface area contributed by atoms with Crippen LogP contribution < -0.4 is 16.6 Å². The van der Waals surface area contributed by atoms with Gasteiger partial charge in [0.15, 0.2) is 5.76 Å². The van der Waals surface area contributed by atoms with E-state index in [1.807, 2.05) is 13.8 Å². The van der Waals surface area contributed by atoms with E-state index in [1.165, 1.54) is 6.07 Å². The highest BCUT2D eigenvalue weighted by atomic mass is 16.3. The highest BCUT2D eigenvalue weighted by molar-refractivity contribution is 5.79. The summed E-state index contributed by atoms with van der Waals surface area (Å²) in [5.41, 5.74) is 5.73. The number of hydrogen-bond acceptors (Lipinski definition) is 5. The first-order valence-corrected chi connectivity index (χ1v) is 7.68. The number of nitrogens with two attached hydrogens (primary N) is 1. The zero-order valence-corrected chi connectivity index (χ0v) is 13.6. The smallest absolute Gasteiger partial charge is 0.290 e. The maximum absolute atomic E-state index is 12.2. The first-order valence-electron chi connectivity index (χ1n) is 7.68. The van der Waals surface area contributed by atoms with E-state index in [1.54, 1.807) is 19.1 Å². The van der Waals surface area contributed by atoms with Crippen LogP contribution in [0.3, 0.4) is 0 Å². The molecular formula is C16H22N4O3. The largest absolute Gasteiger partial charge is 0.460 e. The summed E-state index contributed by atoms with van der Waals surface area (Å²) in [5.74, 6) is 0.963. The van der Waals surface area contributed by atoms with Crippen LogP contribution in [0.5, 0.6) is 0 Å². The predicted octanol–water partition coefficient (Wildman–Crippen LogP) is 1.87. The Balaban J connectivity index is 2.32. The van der Waals surface area contributed by atoms with Gasteiger partial charge in [0, 0.05) is 6.54 Å². The second-order valence-electron chi connectivity index (χ2n) is 5.47. The molecule has 7 heteroatoms. The molecule has 2 aromatic rings. The predicted molar refractivity (Wildman–Crippen MR) is 88.0 cm³/mol. The molecule has 0 bridgehead atoms. The zero-order valence-electron chi connectivity index (χ0n) is 13.6. The molecule has 0 saturated heterocycles. The summed E-state index contributed by atoms with van der Waals surface area (Å²) in [5, 5.41) is 7.02. The van der Waals surface area contributed by atoms with Crippen molar-refractivity contribution < 1.29 is 9.21 Å². The van der Waals surface area contributed by atoms with Crippen molar-refractivity contribution in [3.63, 3.8) is 0 Å². The molecule has 2 aromatic heterocycles. The van der Waals surface area contributed by atoms with Crippen molar-refractivity contribution in [3.05, 3.63) is 34.3 Å². The monoisotopic (exact) mass is 318 g/mol. The Bertz CT molecular complexity index is 748. The molecule has 1 amide bonds. The van der Waals surface area contributed by atoms with Crippen molar-refractivity contribution in [2.24, 2.45) is 0 Å². The first kappa shape index (κ1) is 16.8. The number of rotatable bonds is 6. The van der Waals surface area contributed by atoms with Gasteiger partial charge >= 0.3 is 0 Å². The molecule has 0 radical (unpaired) electrons. The van der Waals surface area contributed by atoms with Crippen LogP contribution in [-0.2, 0) is 4.79 Å². The Hall–Kier alpha value is -2.57. The van der Waals surface area contributed by atoms with Crippen molar-refractivity contribution in [2.45, 2.75) is 39.7 Å². The summed E-state index contributed by atoms with van der Waals surface area (Å²) in [6.45, 7) is 6.04. The number of amides is 1. The van der Waals surface area contributed by atoms with Gasteiger partial charge in [0.1, 0.15) is 23.2 Å². The summed E-state index contributed by atoms with van der Waals surface area (Å²) in [6.07, 6.45) is 1.86. The van der Waals surface area contributed by atoms with Gasteiger partial charge < -0.3 is 15.5 Å². The number of nitrogen functional groups attached to an aromatic ring is 1. The standard InChI is InChI=1S/C16H22N4O3/c1-4-5-8-18-15(21)11(3)20-16(22)12(17)9-13(19-20)14-7-6-10(2)23-14/h6-7,9,11H,4-5,8,17H2,1-3H3,(H,18,21)/t11-/m0/s1. The molecule has 3 N–H and O–H groups in total. The van der Waals surface area contributed by atoms with Crippen LogP contribution >= 0.6 is 0 Å². The van der Waals surface area contributed by atoms with E-state index in [0.717, 1.165) is 23.3 Å². The summed E-state index contributed by atoms with van der Waals surface area (Å²) in [6, 6.07) is 4.25. The average molecular weight is 318 g/mol. The van der Waals surface area contributed by atoms with E-state index in [0.29, 0.717) is 18.0 Å². The minimum atomic E-state index is -0.752. The van der Waals surface area contributed by atoms with E-state index in [2.05, 4.69) is 10.4 Å². The molecule has 0 spiro atoms. The van der Waals surface area contributed by atoms with Gasteiger partial charge in [-0.25, -0.2) is 4.68 Å². The normalized spacial score (nSPS) is 12.1. The third kappa shape index (κ3) is 3.80. The SMILES string of the molecule is CCCCNC(=O)[C@H](C)n1nc(-c2ccc(C)o2)cc(N)c1=O. The minimum Gasteiger partial charge on any atom is -0.460 e. The lowest BCUT2D eigenvalue weighted by atomic mass is 10.2. The summed E-state index contributed by atoms with van der Waals surface area (Å²) in [7, 11) is 0. The Morgan fingerprint density at radius 3 is 2.83 bits per heavy atom. The number of aryl methyl sites for hydroxylation is 1. The van der Waals surface area contributed by atoms with Crippen LogP contribution in [0.4, 0.5) is 5.69 Å². The molecule has 2 rings (SSSR count). The lowest BCUT2D eigenvalue weighted by molar-refractivity contribution is -0.124. The molecule has 0 aliphatic rings. The minimum absolute atomic E-state index is 0.0252. The van der Waals surface area contributed by atoms with E-state index in [9.17, 15) is 9.59 Å². The van der Waals surface area contributed by atoms with Crippen LogP contribution in [0.15, 0.2) is 27.4 Å². The molecule has 0 fully saturated rings. The lowest BCUT2D eigenvalue weighted by Gasteiger charge is -2.15. The third-order valence-corrected chi connectivity index (χ3v) is 3.53. The maximum Gasteiger partial charge on any atom is 0.290 e. The zero-order chi connectivity index (χ0) is 17.0. The molecule has 124 valence electrons. The average Bonchev–Trinajstić information content (AvgIpc) is 2.96. The number of nitrogens with one attached hydrogen (secondary N) is 1. The molecule has 1 atom stereocenters. The molecule has 0 aromatic carbocycles. The molecule has 7 nitrogen and oxygen atoms in total. The van der Waals surface area contributed by atoms with Crippen molar-refractivity contribution in [3.8, 4) is 11.5 Å². The van der Waals surface area contributed by atoms with Gasteiger partial charge in [-0.1, -0.05) is 13.3 Å². The van der Waals surface area contributed by atoms with Gasteiger partial charge in [0.25, 0.3) is 5.56 Å². The summed E-state index contributed by atoms with van der Waals surface area (Å²) in [4.78, 5) is 24.4. The Morgan fingerprint density at radius 1 is 1.48 bits per heavy atom. The quantitative estimate of drug-likeness (QED) is 0.791. The van der Waals surface area contributed by atoms with Gasteiger partial charge in [0.05, 0.1) is 0 Å². The molecule has 0 aliphatic heterocycles. The summed E-state index contributed by atoms with van der Waals surface area (Å²) >= 11 is 0. The molecule has 2 heterocycles. The Kier molecular flexibility index (Phi) is 5.20. The first-order chi connectivity index (χ1) is 10.9. The van der Waals surface area contributed by atoms with Crippen molar-refractivity contribution >= 4 is 11.6 Å². The van der Waals surface area contributed by atoms with Crippen molar-refractivity contribution in [1.29, 1.82) is 0 Å². The maximum atomic E-state index is 12.2. The van der Waals surface area contributed by atoms with Crippen LogP contribution in [0.2, 0.25) is 0 Å². The van der Waals surface area contributed by atoms with Crippen LogP contribution in [-0.4, -0.2) is 22.2 Å². The molecule has 0 saturated carbocycles. The molecule has 23 heavy (non-hydrogen) atoms. The van der Waals surface area contributed by atoms with E-state index < -0.39 is 11.6 Å². The Morgan fingerprint density at radius 2 is 2.22 bits per heavy atom. The number of aromatic nitrogens is 2. The fourth-order valence-electron chi connectivity index (χ4n) is 2.13. The number of anilines is 1. The third-order valence-electron chi connectivity index (χ3n) is 3.53. The molecule has 0 unspecified atom stereocenters. The number of nitrogens with zero attached hydrogens (tertiary/aromatic N) is 2. The number of unbranched alkanes of at least 4 members (excludes halogenated alkanes) is 1. The van der Waals surface area contributed by atoms with Crippen molar-refractivity contribution in [2.75, 3.05) is 12.3 Å². The molecule has 0 aliphatic carbocycles. The van der Waals surface area contributed by atoms with Crippen LogP contribution in [0, 0.1) is 6.92 Å². The highest BCUT2D eigenvalue weighted by Gasteiger charge is 2.20. The fraction of sp³-hybridized carbons (Fsp3) is 0.438. The van der Waals surface area contributed by atoms with Crippen LogP contribution in [0.1, 0.15) is 38.5 Å². The van der Waals surface area contributed by atoms with E-state index in [4.69, 9.17) is 10.2 Å².